The Kier molecular flexibility index (Phi) is 4.10. The first kappa shape index (κ1) is 12.3. The number of hydrogen-bond donors (Lipinski definition) is 1. The quantitative estimate of drug-likeness (QED) is 0.792. The number of halogens is 1. The normalized spacial score (nSPS) is 9.94. The molecule has 1 aromatic carbocycles. The lowest BCUT2D eigenvalue weighted by atomic mass is 10.2. The Hall–Kier alpha value is -1.78. The van der Waals surface area contributed by atoms with Crippen molar-refractivity contribution in [2.45, 2.75) is 6.92 Å². The summed E-state index contributed by atoms with van der Waals surface area (Å²) >= 11 is 0. The van der Waals surface area contributed by atoms with E-state index in [1.54, 1.807) is 18.9 Å². The van der Waals surface area contributed by atoms with E-state index in [9.17, 15) is 9.18 Å². The molecule has 0 saturated heterocycles. The van der Waals surface area contributed by atoms with E-state index < -0.39 is 11.6 Å². The number of carbonyl (C=O) groups is 1. The smallest absolute Gasteiger partial charge is 0.325 e. The maximum Gasteiger partial charge on any atom is 0.325 e. The van der Waals surface area contributed by atoms with Gasteiger partial charge in [-0.3, -0.25) is 4.79 Å². The second kappa shape index (κ2) is 5.34. The van der Waals surface area contributed by atoms with Crippen LogP contribution >= 0.6 is 0 Å². The van der Waals surface area contributed by atoms with Crippen LogP contribution in [0, 0.1) is 5.82 Å². The molecule has 1 aromatic rings. The molecule has 1 rings (SSSR count). The van der Waals surface area contributed by atoms with E-state index in [0.717, 1.165) is 6.07 Å². The van der Waals surface area contributed by atoms with E-state index in [1.807, 2.05) is 0 Å². The molecule has 0 aliphatic heterocycles. The van der Waals surface area contributed by atoms with Crippen molar-refractivity contribution >= 4 is 11.7 Å². The van der Waals surface area contributed by atoms with E-state index in [2.05, 4.69) is 0 Å². The van der Waals surface area contributed by atoms with Gasteiger partial charge in [0.05, 0.1) is 6.61 Å². The lowest BCUT2D eigenvalue weighted by Gasteiger charge is -2.18. The van der Waals surface area contributed by atoms with Gasteiger partial charge in [0.25, 0.3) is 0 Å². The number of hydrogen-bond acceptors (Lipinski definition) is 4. The third kappa shape index (κ3) is 3.12. The Morgan fingerprint density at radius 3 is 2.81 bits per heavy atom. The number of aromatic hydroxyl groups is 1. The molecule has 16 heavy (non-hydrogen) atoms. The highest BCUT2D eigenvalue weighted by atomic mass is 19.1. The lowest BCUT2D eigenvalue weighted by molar-refractivity contribution is -0.141. The molecule has 88 valence electrons. The largest absolute Gasteiger partial charge is 0.505 e. The van der Waals surface area contributed by atoms with E-state index in [0.29, 0.717) is 12.3 Å². The summed E-state index contributed by atoms with van der Waals surface area (Å²) in [5.41, 5.74) is 0.503. The van der Waals surface area contributed by atoms with Crippen molar-refractivity contribution in [2.24, 2.45) is 0 Å². The SMILES string of the molecule is CCOC(=O)CN(C)c1ccc(O)c(F)c1. The fourth-order valence-corrected chi connectivity index (χ4v) is 1.22. The maximum atomic E-state index is 13.0. The van der Waals surface area contributed by atoms with Crippen LogP contribution in [0.5, 0.6) is 5.75 Å². The molecular weight excluding hydrogens is 213 g/mol. The summed E-state index contributed by atoms with van der Waals surface area (Å²) in [6, 6.07) is 3.93. The third-order valence-corrected chi connectivity index (χ3v) is 2.04. The van der Waals surface area contributed by atoms with Gasteiger partial charge in [-0.25, -0.2) is 4.39 Å². The molecule has 1 N–H and O–H groups in total. The third-order valence-electron chi connectivity index (χ3n) is 2.04. The molecule has 0 spiro atoms. The van der Waals surface area contributed by atoms with Crippen molar-refractivity contribution in [3.8, 4) is 5.75 Å². The molecule has 0 unspecified atom stereocenters. The fraction of sp³-hybridized carbons (Fsp3) is 0.364. The van der Waals surface area contributed by atoms with Crippen LogP contribution in [0.1, 0.15) is 6.92 Å². The summed E-state index contributed by atoms with van der Waals surface area (Å²) < 4.78 is 17.8. The van der Waals surface area contributed by atoms with Gasteiger partial charge in [0.15, 0.2) is 11.6 Å². The Morgan fingerprint density at radius 2 is 2.25 bits per heavy atom. The second-order valence-corrected chi connectivity index (χ2v) is 3.30. The van der Waals surface area contributed by atoms with Gasteiger partial charge in [-0.2, -0.15) is 0 Å². The predicted octanol–water partition coefficient (Wildman–Crippen LogP) is 1.53. The highest BCUT2D eigenvalue weighted by molar-refractivity contribution is 5.75. The number of esters is 1. The number of carbonyl (C=O) groups excluding carboxylic acids is 1. The van der Waals surface area contributed by atoms with Crippen molar-refractivity contribution in [1.29, 1.82) is 0 Å². The van der Waals surface area contributed by atoms with Crippen molar-refractivity contribution < 1.29 is 19.0 Å². The van der Waals surface area contributed by atoms with Gasteiger partial charge in [0, 0.05) is 18.8 Å². The van der Waals surface area contributed by atoms with E-state index in [-0.39, 0.29) is 12.5 Å². The Labute approximate surface area is 93.3 Å². The summed E-state index contributed by atoms with van der Waals surface area (Å²) in [6.45, 7) is 2.08. The monoisotopic (exact) mass is 227 g/mol. The molecule has 4 nitrogen and oxygen atoms in total. The minimum absolute atomic E-state index is 0.0397. The topological polar surface area (TPSA) is 49.8 Å². The van der Waals surface area contributed by atoms with Crippen molar-refractivity contribution in [3.05, 3.63) is 24.0 Å². The number of likely N-dealkylation sites (N-methyl/N-ethyl adjacent to an activating group) is 1. The van der Waals surface area contributed by atoms with Crippen LogP contribution in [0.3, 0.4) is 0 Å². The zero-order valence-corrected chi connectivity index (χ0v) is 9.24. The number of rotatable bonds is 4. The van der Waals surface area contributed by atoms with Crippen LogP contribution in [0.15, 0.2) is 18.2 Å². The Morgan fingerprint density at radius 1 is 1.56 bits per heavy atom. The van der Waals surface area contributed by atoms with Crippen molar-refractivity contribution in [1.82, 2.24) is 0 Å². The molecule has 0 atom stereocenters. The number of phenols is 1. The molecule has 0 fully saturated rings. The first-order valence-electron chi connectivity index (χ1n) is 4.90. The van der Waals surface area contributed by atoms with E-state index in [1.165, 1.54) is 12.1 Å². The molecular formula is C11H14FNO3. The first-order valence-corrected chi connectivity index (χ1v) is 4.90. The Balaban J connectivity index is 2.69. The average Bonchev–Trinajstić information content (AvgIpc) is 2.22. The van der Waals surface area contributed by atoms with Gasteiger partial charge in [0.2, 0.25) is 0 Å². The van der Waals surface area contributed by atoms with Crippen LogP contribution in [-0.4, -0.2) is 31.3 Å². The van der Waals surface area contributed by atoms with E-state index >= 15 is 0 Å². The number of ether oxygens (including phenoxy) is 1. The summed E-state index contributed by atoms with van der Waals surface area (Å²) in [7, 11) is 1.64. The number of nitrogens with zero attached hydrogens (tertiary/aromatic N) is 1. The first-order chi connectivity index (χ1) is 7.54. The molecule has 0 heterocycles. The zero-order valence-electron chi connectivity index (χ0n) is 9.24. The highest BCUT2D eigenvalue weighted by Gasteiger charge is 2.10. The molecule has 5 heteroatoms. The second-order valence-electron chi connectivity index (χ2n) is 3.30. The zero-order chi connectivity index (χ0) is 12.1. The number of phenolic OH excluding ortho intramolecular Hbond substituents is 1. The van der Waals surface area contributed by atoms with Gasteiger partial charge >= 0.3 is 5.97 Å². The van der Waals surface area contributed by atoms with E-state index in [4.69, 9.17) is 9.84 Å². The van der Waals surface area contributed by atoms with Gasteiger partial charge in [0.1, 0.15) is 6.54 Å². The Bertz CT molecular complexity index is 381. The predicted molar refractivity (Wildman–Crippen MR) is 58.0 cm³/mol. The van der Waals surface area contributed by atoms with Crippen LogP contribution < -0.4 is 4.90 Å². The molecule has 0 aliphatic carbocycles. The molecule has 0 amide bonds. The van der Waals surface area contributed by atoms with Crippen LogP contribution in [0.4, 0.5) is 10.1 Å². The highest BCUT2D eigenvalue weighted by Crippen LogP contribution is 2.21. The van der Waals surface area contributed by atoms with Crippen molar-refractivity contribution in [2.75, 3.05) is 25.1 Å². The average molecular weight is 227 g/mol. The molecule has 0 radical (unpaired) electrons. The standard InChI is InChI=1S/C11H14FNO3/c1-3-16-11(15)7-13(2)8-4-5-10(14)9(12)6-8/h4-6,14H,3,7H2,1-2H3. The van der Waals surface area contributed by atoms with Crippen molar-refractivity contribution in [3.63, 3.8) is 0 Å². The number of benzene rings is 1. The van der Waals surface area contributed by atoms with Gasteiger partial charge < -0.3 is 14.7 Å². The summed E-state index contributed by atoms with van der Waals surface area (Å²) in [4.78, 5) is 12.7. The maximum absolute atomic E-state index is 13.0. The van der Waals surface area contributed by atoms with Crippen LogP contribution in [-0.2, 0) is 9.53 Å². The van der Waals surface area contributed by atoms with Gasteiger partial charge in [-0.1, -0.05) is 0 Å². The van der Waals surface area contributed by atoms with Crippen LogP contribution in [0.25, 0.3) is 0 Å². The minimum Gasteiger partial charge on any atom is -0.505 e. The summed E-state index contributed by atoms with van der Waals surface area (Å²) in [5.74, 6) is -1.50. The van der Waals surface area contributed by atoms with Gasteiger partial charge in [-0.15, -0.1) is 0 Å². The molecule has 0 aliphatic rings. The molecule has 0 saturated carbocycles. The minimum atomic E-state index is -0.715. The van der Waals surface area contributed by atoms with Gasteiger partial charge in [-0.05, 0) is 19.1 Å². The fourth-order valence-electron chi connectivity index (χ4n) is 1.22. The summed E-state index contributed by atoms with van der Waals surface area (Å²) in [5, 5.41) is 9.01. The lowest BCUT2D eigenvalue weighted by Crippen LogP contribution is -2.27. The number of anilines is 1. The summed E-state index contributed by atoms with van der Waals surface area (Å²) in [6.07, 6.45) is 0. The molecule has 0 bridgehead atoms. The van der Waals surface area contributed by atoms with Crippen LogP contribution in [0.2, 0.25) is 0 Å². The molecule has 0 aromatic heterocycles.